The smallest absolute Gasteiger partial charge is 0.0150 e. The lowest BCUT2D eigenvalue weighted by atomic mass is 10.3. The minimum absolute atomic E-state index is 0.834. The molecule has 0 aromatic rings. The van der Waals surface area contributed by atoms with Crippen LogP contribution < -0.4 is 0 Å². The average molecular weight is 158 g/mol. The Morgan fingerprint density at radius 1 is 1.30 bits per heavy atom. The molecule has 10 heavy (non-hydrogen) atoms. The van der Waals surface area contributed by atoms with Gasteiger partial charge in [0.2, 0.25) is 0 Å². The molecule has 0 unspecified atom stereocenters. The number of rotatable bonds is 2. The molecule has 1 heteroatoms. The zero-order valence-corrected chi connectivity index (χ0v) is 8.28. The van der Waals surface area contributed by atoms with Gasteiger partial charge in [0.15, 0.2) is 0 Å². The van der Waals surface area contributed by atoms with Crippen LogP contribution in [0.15, 0.2) is 23.8 Å². The summed E-state index contributed by atoms with van der Waals surface area (Å²) in [5, 5.41) is 0. The van der Waals surface area contributed by atoms with Gasteiger partial charge in [-0.1, -0.05) is 32.1 Å². The Morgan fingerprint density at radius 2 is 1.80 bits per heavy atom. The molecular weight excluding hydrogens is 140 g/mol. The predicted molar refractivity (Wildman–Crippen MR) is 53.8 cm³/mol. The van der Waals surface area contributed by atoms with Gasteiger partial charge in [-0.25, -0.2) is 0 Å². The molecule has 0 rings (SSSR count). The van der Waals surface area contributed by atoms with Gasteiger partial charge in [0, 0.05) is 5.75 Å². The van der Waals surface area contributed by atoms with Crippen molar-refractivity contribution in [3.8, 4) is 0 Å². The maximum Gasteiger partial charge on any atom is 0.0150 e. The van der Waals surface area contributed by atoms with Crippen LogP contribution in [0.25, 0.3) is 0 Å². The monoisotopic (exact) mass is 158 g/mol. The van der Waals surface area contributed by atoms with Gasteiger partial charge in [-0.3, -0.25) is 0 Å². The molecule has 0 bridgehead atoms. The van der Waals surface area contributed by atoms with E-state index in [9.17, 15) is 0 Å². The Bertz CT molecular complexity index is 98.5. The Balaban J connectivity index is 0. The molecular formula is C9H18S. The number of hydrogen-bond donors (Lipinski definition) is 1. The lowest BCUT2D eigenvalue weighted by Crippen LogP contribution is -1.75. The van der Waals surface area contributed by atoms with Gasteiger partial charge < -0.3 is 0 Å². The lowest BCUT2D eigenvalue weighted by Gasteiger charge is -1.89. The summed E-state index contributed by atoms with van der Waals surface area (Å²) in [6, 6.07) is 0. The van der Waals surface area contributed by atoms with Crippen LogP contribution in [0.3, 0.4) is 0 Å². The molecule has 0 aliphatic rings. The lowest BCUT2D eigenvalue weighted by molar-refractivity contribution is 1.49. The van der Waals surface area contributed by atoms with E-state index in [1.54, 1.807) is 0 Å². The van der Waals surface area contributed by atoms with Crippen molar-refractivity contribution >= 4 is 12.6 Å². The van der Waals surface area contributed by atoms with Crippen molar-refractivity contribution < 1.29 is 0 Å². The van der Waals surface area contributed by atoms with Crippen molar-refractivity contribution in [2.45, 2.75) is 27.7 Å². The van der Waals surface area contributed by atoms with Crippen LogP contribution in [-0.2, 0) is 0 Å². The van der Waals surface area contributed by atoms with Crippen LogP contribution in [0, 0.1) is 0 Å². The molecule has 0 aromatic heterocycles. The zero-order chi connectivity index (χ0) is 8.41. The highest BCUT2D eigenvalue weighted by Gasteiger charge is 1.80. The maximum absolute atomic E-state index is 4.11. The van der Waals surface area contributed by atoms with Gasteiger partial charge in [0.05, 0.1) is 0 Å². The quantitative estimate of drug-likeness (QED) is 0.462. The molecule has 0 radical (unpaired) electrons. The normalized spacial score (nSPS) is 11.1. The standard InChI is InChI=1S/C7H12S.C2H6/c1-3-5-7(4-2)6-8;1-2/h3-5,8H,6H2,1-2H3;1-2H3/b5-3-,7-4+;. The summed E-state index contributed by atoms with van der Waals surface area (Å²) >= 11 is 4.11. The summed E-state index contributed by atoms with van der Waals surface area (Å²) in [5.74, 6) is 0.834. The highest BCUT2D eigenvalue weighted by atomic mass is 32.1. The van der Waals surface area contributed by atoms with E-state index in [0.29, 0.717) is 0 Å². The Morgan fingerprint density at radius 3 is 1.90 bits per heavy atom. The van der Waals surface area contributed by atoms with E-state index in [1.807, 2.05) is 33.8 Å². The van der Waals surface area contributed by atoms with Gasteiger partial charge in [-0.2, -0.15) is 12.6 Å². The van der Waals surface area contributed by atoms with Crippen LogP contribution in [-0.4, -0.2) is 5.75 Å². The number of allylic oxidation sites excluding steroid dienone is 3. The first kappa shape index (κ1) is 12.5. The van der Waals surface area contributed by atoms with Gasteiger partial charge in [-0.05, 0) is 19.4 Å². The molecule has 0 aliphatic heterocycles. The molecule has 0 N–H and O–H groups in total. The molecule has 0 saturated carbocycles. The summed E-state index contributed by atoms with van der Waals surface area (Å²) in [4.78, 5) is 0. The van der Waals surface area contributed by atoms with Crippen molar-refractivity contribution in [3.63, 3.8) is 0 Å². The van der Waals surface area contributed by atoms with Crippen molar-refractivity contribution in [2.24, 2.45) is 0 Å². The summed E-state index contributed by atoms with van der Waals surface area (Å²) in [6.07, 6.45) is 6.14. The minimum Gasteiger partial charge on any atom is -0.175 e. The number of hydrogen-bond acceptors (Lipinski definition) is 1. The Hall–Kier alpha value is -0.170. The van der Waals surface area contributed by atoms with Gasteiger partial charge >= 0.3 is 0 Å². The molecule has 0 atom stereocenters. The fraction of sp³-hybridized carbons (Fsp3) is 0.556. The van der Waals surface area contributed by atoms with Gasteiger partial charge in [0.25, 0.3) is 0 Å². The first-order chi connectivity index (χ1) is 4.85. The molecule has 0 saturated heterocycles. The van der Waals surface area contributed by atoms with E-state index >= 15 is 0 Å². The highest BCUT2D eigenvalue weighted by molar-refractivity contribution is 7.80. The number of thiol groups is 1. The van der Waals surface area contributed by atoms with Crippen LogP contribution in [0.4, 0.5) is 0 Å². The third kappa shape index (κ3) is 7.83. The first-order valence-electron chi connectivity index (χ1n) is 3.74. The minimum atomic E-state index is 0.834. The largest absolute Gasteiger partial charge is 0.175 e. The van der Waals surface area contributed by atoms with Gasteiger partial charge in [-0.15, -0.1) is 0 Å². The molecule has 0 spiro atoms. The van der Waals surface area contributed by atoms with E-state index in [-0.39, 0.29) is 0 Å². The second kappa shape index (κ2) is 11.6. The third-order valence-corrected chi connectivity index (χ3v) is 1.30. The SMILES string of the molecule is C/C=C\C(=C/C)CS.CC. The topological polar surface area (TPSA) is 0 Å². The summed E-state index contributed by atoms with van der Waals surface area (Å²) < 4.78 is 0. The second-order valence-corrected chi connectivity index (χ2v) is 1.84. The summed E-state index contributed by atoms with van der Waals surface area (Å²) in [7, 11) is 0. The van der Waals surface area contributed by atoms with Crippen LogP contribution in [0.2, 0.25) is 0 Å². The Kier molecular flexibility index (Phi) is 14.5. The van der Waals surface area contributed by atoms with Crippen LogP contribution in [0.5, 0.6) is 0 Å². The fourth-order valence-corrected chi connectivity index (χ4v) is 0.742. The zero-order valence-electron chi connectivity index (χ0n) is 7.39. The summed E-state index contributed by atoms with van der Waals surface area (Å²) in [6.45, 7) is 8.03. The second-order valence-electron chi connectivity index (χ2n) is 1.52. The van der Waals surface area contributed by atoms with E-state index < -0.39 is 0 Å². The van der Waals surface area contributed by atoms with E-state index in [2.05, 4.69) is 24.8 Å². The third-order valence-electron chi connectivity index (χ3n) is 0.934. The van der Waals surface area contributed by atoms with Crippen LogP contribution in [0.1, 0.15) is 27.7 Å². The first-order valence-corrected chi connectivity index (χ1v) is 4.37. The highest BCUT2D eigenvalue weighted by Crippen LogP contribution is 1.97. The predicted octanol–water partition coefficient (Wildman–Crippen LogP) is 3.46. The van der Waals surface area contributed by atoms with Crippen molar-refractivity contribution in [1.29, 1.82) is 0 Å². The van der Waals surface area contributed by atoms with Crippen molar-refractivity contribution in [2.75, 3.05) is 5.75 Å². The van der Waals surface area contributed by atoms with Crippen LogP contribution >= 0.6 is 12.6 Å². The van der Waals surface area contributed by atoms with E-state index in [1.165, 1.54) is 5.57 Å². The van der Waals surface area contributed by atoms with E-state index in [0.717, 1.165) is 5.75 Å². The average Bonchev–Trinajstić information content (AvgIpc) is 2.04. The maximum atomic E-state index is 4.11. The molecule has 0 aromatic carbocycles. The molecule has 0 aliphatic carbocycles. The Labute approximate surface area is 70.4 Å². The van der Waals surface area contributed by atoms with E-state index in [4.69, 9.17) is 0 Å². The molecule has 0 fully saturated rings. The molecule has 0 heterocycles. The molecule has 0 nitrogen and oxygen atoms in total. The van der Waals surface area contributed by atoms with Gasteiger partial charge in [0.1, 0.15) is 0 Å². The molecule has 60 valence electrons. The van der Waals surface area contributed by atoms with Crippen molar-refractivity contribution in [1.82, 2.24) is 0 Å². The fourth-order valence-electron chi connectivity index (χ4n) is 0.454. The molecule has 0 amide bonds. The summed E-state index contributed by atoms with van der Waals surface area (Å²) in [5.41, 5.74) is 1.27. The van der Waals surface area contributed by atoms with Crippen molar-refractivity contribution in [3.05, 3.63) is 23.8 Å².